The van der Waals surface area contributed by atoms with E-state index in [1.54, 1.807) is 0 Å². The Bertz CT molecular complexity index is 1120. The summed E-state index contributed by atoms with van der Waals surface area (Å²) in [6.07, 6.45) is 2.99. The molecule has 0 saturated carbocycles. The van der Waals surface area contributed by atoms with Crippen LogP contribution in [0.2, 0.25) is 0 Å². The number of ether oxygens (including phenoxy) is 1. The minimum atomic E-state index is 0.0581. The molecule has 0 saturated heterocycles. The minimum absolute atomic E-state index is 0.0581. The number of carbonyl (C=O) groups is 1. The molecular weight excluding hydrogens is 398 g/mol. The second-order valence-electron chi connectivity index (χ2n) is 7.80. The molecule has 0 spiro atoms. The van der Waals surface area contributed by atoms with E-state index in [2.05, 4.69) is 28.1 Å². The van der Waals surface area contributed by atoms with Crippen LogP contribution in [0.25, 0.3) is 11.0 Å². The highest BCUT2D eigenvalue weighted by atomic mass is 16.5. The lowest BCUT2D eigenvalue weighted by atomic mass is 10.1. The number of para-hydroxylation sites is 3. The molecule has 4 aromatic rings. The summed E-state index contributed by atoms with van der Waals surface area (Å²) in [7, 11) is 0. The molecule has 0 aliphatic rings. The van der Waals surface area contributed by atoms with Crippen LogP contribution in [-0.2, 0) is 24.2 Å². The van der Waals surface area contributed by atoms with E-state index >= 15 is 0 Å². The monoisotopic (exact) mass is 427 g/mol. The van der Waals surface area contributed by atoms with E-state index in [1.165, 1.54) is 0 Å². The van der Waals surface area contributed by atoms with Crippen molar-refractivity contribution < 1.29 is 9.53 Å². The lowest BCUT2D eigenvalue weighted by Crippen LogP contribution is -2.26. The van der Waals surface area contributed by atoms with E-state index in [9.17, 15) is 4.79 Å². The third-order valence-electron chi connectivity index (χ3n) is 5.38. The van der Waals surface area contributed by atoms with E-state index in [0.717, 1.165) is 54.0 Å². The zero-order valence-electron chi connectivity index (χ0n) is 18.2. The summed E-state index contributed by atoms with van der Waals surface area (Å²) in [4.78, 5) is 17.0. The normalized spacial score (nSPS) is 10.9. The first-order valence-corrected chi connectivity index (χ1v) is 11.2. The highest BCUT2D eigenvalue weighted by Gasteiger charge is 2.10. The number of aryl methyl sites for hydroxylation is 2. The van der Waals surface area contributed by atoms with E-state index in [0.29, 0.717) is 19.6 Å². The van der Waals surface area contributed by atoms with Crippen LogP contribution in [-0.4, -0.2) is 28.6 Å². The van der Waals surface area contributed by atoms with Gasteiger partial charge in [0.25, 0.3) is 0 Å². The van der Waals surface area contributed by atoms with Gasteiger partial charge < -0.3 is 14.6 Å². The maximum atomic E-state index is 12.2. The summed E-state index contributed by atoms with van der Waals surface area (Å²) in [5.41, 5.74) is 3.19. The number of hydrogen-bond acceptors (Lipinski definition) is 3. The second-order valence-corrected chi connectivity index (χ2v) is 7.80. The molecule has 0 bridgehead atoms. The maximum Gasteiger partial charge on any atom is 0.224 e. The van der Waals surface area contributed by atoms with Gasteiger partial charge in [-0.2, -0.15) is 0 Å². The molecule has 1 N–H and O–H groups in total. The summed E-state index contributed by atoms with van der Waals surface area (Å²) in [6, 6.07) is 28.0. The fourth-order valence-corrected chi connectivity index (χ4v) is 3.81. The van der Waals surface area contributed by atoms with Crippen LogP contribution in [0.4, 0.5) is 0 Å². The quantitative estimate of drug-likeness (QED) is 0.350. The van der Waals surface area contributed by atoms with Gasteiger partial charge in [0.1, 0.15) is 11.6 Å². The predicted molar refractivity (Wildman–Crippen MR) is 128 cm³/mol. The topological polar surface area (TPSA) is 56.2 Å². The molecule has 164 valence electrons. The van der Waals surface area contributed by atoms with Gasteiger partial charge in [-0.25, -0.2) is 4.98 Å². The van der Waals surface area contributed by atoms with Gasteiger partial charge in [-0.15, -0.1) is 0 Å². The van der Waals surface area contributed by atoms with Gasteiger partial charge in [0.15, 0.2) is 0 Å². The number of carbonyl (C=O) groups excluding carboxylic acids is 1. The highest BCUT2D eigenvalue weighted by Crippen LogP contribution is 2.18. The average molecular weight is 428 g/mol. The molecule has 0 aliphatic heterocycles. The summed E-state index contributed by atoms with van der Waals surface area (Å²) < 4.78 is 8.14. The second kappa shape index (κ2) is 11.1. The molecule has 1 heterocycles. The number of imidazole rings is 1. The van der Waals surface area contributed by atoms with Crippen LogP contribution in [0.1, 0.15) is 24.2 Å². The number of aromatic nitrogens is 2. The van der Waals surface area contributed by atoms with Crippen molar-refractivity contribution >= 4 is 16.9 Å². The number of hydrogen-bond donors (Lipinski definition) is 1. The Hall–Kier alpha value is -3.60. The Morgan fingerprint density at radius 2 is 1.59 bits per heavy atom. The van der Waals surface area contributed by atoms with Crippen LogP contribution in [0.15, 0.2) is 84.9 Å². The summed E-state index contributed by atoms with van der Waals surface area (Å²) in [5, 5.41) is 3.03. The van der Waals surface area contributed by atoms with Gasteiger partial charge in [0.2, 0.25) is 5.91 Å². The Balaban J connectivity index is 1.29. The Labute approximate surface area is 189 Å². The van der Waals surface area contributed by atoms with Crippen molar-refractivity contribution in [2.24, 2.45) is 0 Å². The van der Waals surface area contributed by atoms with Crippen molar-refractivity contribution in [2.75, 3.05) is 13.2 Å². The molecule has 5 heteroatoms. The summed E-state index contributed by atoms with van der Waals surface area (Å²) in [6.45, 7) is 2.15. The van der Waals surface area contributed by atoms with Crippen LogP contribution in [0.5, 0.6) is 5.75 Å². The molecule has 0 fully saturated rings. The fraction of sp³-hybridized carbons (Fsp3) is 0.259. The molecular formula is C27H29N3O2. The first-order valence-electron chi connectivity index (χ1n) is 11.2. The van der Waals surface area contributed by atoms with Crippen molar-refractivity contribution in [2.45, 2.75) is 32.2 Å². The summed E-state index contributed by atoms with van der Waals surface area (Å²) in [5.74, 6) is 2.01. The number of nitrogens with zero attached hydrogens (tertiary/aromatic N) is 2. The summed E-state index contributed by atoms with van der Waals surface area (Å²) >= 11 is 0. The highest BCUT2D eigenvalue weighted by molar-refractivity contribution is 5.78. The molecule has 4 rings (SSSR count). The Morgan fingerprint density at radius 3 is 2.41 bits per heavy atom. The number of rotatable bonds is 11. The van der Waals surface area contributed by atoms with Gasteiger partial charge in [-0.1, -0.05) is 60.7 Å². The Kier molecular flexibility index (Phi) is 7.53. The predicted octanol–water partition coefficient (Wildman–Crippen LogP) is 4.80. The van der Waals surface area contributed by atoms with E-state index < -0.39 is 0 Å². The third-order valence-corrected chi connectivity index (χ3v) is 5.38. The molecule has 0 radical (unpaired) electrons. The first kappa shape index (κ1) is 21.6. The number of nitrogens with one attached hydrogen (secondary N) is 1. The zero-order chi connectivity index (χ0) is 22.0. The molecule has 32 heavy (non-hydrogen) atoms. The maximum absolute atomic E-state index is 12.2. The van der Waals surface area contributed by atoms with Gasteiger partial charge in [0, 0.05) is 19.5 Å². The molecule has 0 atom stereocenters. The SMILES string of the molecule is O=C(Cc1ccccc1)NCCCc1nc2ccccc2n1CCCOc1ccccc1. The molecule has 0 aliphatic carbocycles. The lowest BCUT2D eigenvalue weighted by Gasteiger charge is -2.11. The van der Waals surface area contributed by atoms with Gasteiger partial charge in [-0.3, -0.25) is 4.79 Å². The average Bonchev–Trinajstić information content (AvgIpc) is 3.18. The van der Waals surface area contributed by atoms with Gasteiger partial charge in [0.05, 0.1) is 24.1 Å². The number of amides is 1. The molecule has 3 aromatic carbocycles. The van der Waals surface area contributed by atoms with Crippen molar-refractivity contribution in [3.63, 3.8) is 0 Å². The molecule has 0 unspecified atom stereocenters. The van der Waals surface area contributed by atoms with E-state index in [-0.39, 0.29) is 5.91 Å². The smallest absolute Gasteiger partial charge is 0.224 e. The molecule has 1 aromatic heterocycles. The number of benzene rings is 3. The van der Waals surface area contributed by atoms with E-state index in [1.807, 2.05) is 66.7 Å². The standard InChI is InChI=1S/C27H29N3O2/c31-27(21-22-11-3-1-4-12-22)28-18-9-17-26-29-24-15-7-8-16-25(24)30(26)19-10-20-32-23-13-5-2-6-14-23/h1-8,11-16H,9-10,17-21H2,(H,28,31). The van der Waals surface area contributed by atoms with E-state index in [4.69, 9.17) is 9.72 Å². The largest absolute Gasteiger partial charge is 0.494 e. The van der Waals surface area contributed by atoms with Crippen molar-refractivity contribution in [3.05, 3.63) is 96.3 Å². The van der Waals surface area contributed by atoms with Gasteiger partial charge >= 0.3 is 0 Å². The molecule has 5 nitrogen and oxygen atoms in total. The molecule has 1 amide bonds. The van der Waals surface area contributed by atoms with Crippen molar-refractivity contribution in [3.8, 4) is 5.75 Å². The fourth-order valence-electron chi connectivity index (χ4n) is 3.81. The van der Waals surface area contributed by atoms with Crippen LogP contribution in [0.3, 0.4) is 0 Å². The lowest BCUT2D eigenvalue weighted by molar-refractivity contribution is -0.120. The van der Waals surface area contributed by atoms with Crippen molar-refractivity contribution in [1.29, 1.82) is 0 Å². The van der Waals surface area contributed by atoms with Crippen molar-refractivity contribution in [1.82, 2.24) is 14.9 Å². The minimum Gasteiger partial charge on any atom is -0.494 e. The van der Waals surface area contributed by atoms with Crippen LogP contribution < -0.4 is 10.1 Å². The Morgan fingerprint density at radius 1 is 0.875 bits per heavy atom. The third kappa shape index (κ3) is 5.97. The number of fused-ring (bicyclic) bond motifs is 1. The zero-order valence-corrected chi connectivity index (χ0v) is 18.2. The van der Waals surface area contributed by atoms with Crippen LogP contribution in [0, 0.1) is 0 Å². The van der Waals surface area contributed by atoms with Crippen LogP contribution >= 0.6 is 0 Å². The van der Waals surface area contributed by atoms with Gasteiger partial charge in [-0.05, 0) is 42.7 Å². The first-order chi connectivity index (χ1) is 15.8.